The Labute approximate surface area is 56.0 Å². The molecule has 2 unspecified atom stereocenters. The van der Waals surface area contributed by atoms with Crippen LogP contribution in [0.2, 0.25) is 0 Å². The lowest BCUT2D eigenvalue weighted by atomic mass is 9.89. The molecule has 0 aliphatic heterocycles. The zero-order valence-corrected chi connectivity index (χ0v) is 5.67. The van der Waals surface area contributed by atoms with Gasteiger partial charge < -0.3 is 0 Å². The van der Waals surface area contributed by atoms with E-state index in [0.29, 0.717) is 5.92 Å². The molecular formula is C8H11N. The molecule has 9 heavy (non-hydrogen) atoms. The zero-order valence-electron chi connectivity index (χ0n) is 5.67. The Morgan fingerprint density at radius 1 is 1.67 bits per heavy atom. The van der Waals surface area contributed by atoms with E-state index < -0.39 is 0 Å². The fourth-order valence-electron chi connectivity index (χ4n) is 1.20. The van der Waals surface area contributed by atoms with Crippen molar-refractivity contribution in [2.75, 3.05) is 0 Å². The molecule has 0 aromatic carbocycles. The second-order valence-electron chi connectivity index (χ2n) is 2.70. The van der Waals surface area contributed by atoms with Gasteiger partial charge in [0.15, 0.2) is 0 Å². The van der Waals surface area contributed by atoms with E-state index >= 15 is 0 Å². The normalized spacial score (nSPS) is 33.8. The van der Waals surface area contributed by atoms with Crippen LogP contribution in [-0.4, -0.2) is 0 Å². The second kappa shape index (κ2) is 2.68. The van der Waals surface area contributed by atoms with Crippen molar-refractivity contribution in [1.29, 1.82) is 5.26 Å². The molecule has 0 fully saturated rings. The molecule has 1 heteroatoms. The highest BCUT2D eigenvalue weighted by atomic mass is 14.3. The average Bonchev–Trinajstić information content (AvgIpc) is 1.88. The van der Waals surface area contributed by atoms with Gasteiger partial charge in [-0.15, -0.1) is 0 Å². The number of rotatable bonds is 0. The third-order valence-electron chi connectivity index (χ3n) is 1.72. The lowest BCUT2D eigenvalue weighted by Gasteiger charge is -2.14. The average molecular weight is 121 g/mol. The minimum Gasteiger partial charge on any atom is -0.198 e. The van der Waals surface area contributed by atoms with Gasteiger partial charge in [-0.3, -0.25) is 0 Å². The maximum absolute atomic E-state index is 8.52. The molecule has 1 rings (SSSR count). The van der Waals surface area contributed by atoms with Crippen LogP contribution in [0.25, 0.3) is 0 Å². The molecule has 1 nitrogen and oxygen atoms in total. The van der Waals surface area contributed by atoms with Gasteiger partial charge >= 0.3 is 0 Å². The van der Waals surface area contributed by atoms with E-state index in [4.69, 9.17) is 5.26 Å². The second-order valence-corrected chi connectivity index (χ2v) is 2.70. The Balaban J connectivity index is 2.50. The van der Waals surface area contributed by atoms with Crippen molar-refractivity contribution in [1.82, 2.24) is 0 Å². The summed E-state index contributed by atoms with van der Waals surface area (Å²) in [7, 11) is 0. The van der Waals surface area contributed by atoms with Crippen molar-refractivity contribution < 1.29 is 0 Å². The molecule has 0 amide bonds. The van der Waals surface area contributed by atoms with Crippen LogP contribution in [0.1, 0.15) is 19.8 Å². The first-order valence-electron chi connectivity index (χ1n) is 3.39. The molecule has 0 heterocycles. The highest BCUT2D eigenvalue weighted by Crippen LogP contribution is 2.21. The van der Waals surface area contributed by atoms with Crippen LogP contribution in [0.5, 0.6) is 0 Å². The molecule has 0 saturated heterocycles. The van der Waals surface area contributed by atoms with Crippen LogP contribution in [0.3, 0.4) is 0 Å². The van der Waals surface area contributed by atoms with Gasteiger partial charge in [-0.05, 0) is 18.8 Å². The first-order valence-corrected chi connectivity index (χ1v) is 3.39. The van der Waals surface area contributed by atoms with Crippen molar-refractivity contribution >= 4 is 0 Å². The molecule has 0 bridgehead atoms. The van der Waals surface area contributed by atoms with Gasteiger partial charge in [0.1, 0.15) is 0 Å². The van der Waals surface area contributed by atoms with Crippen molar-refractivity contribution in [3.8, 4) is 6.07 Å². The van der Waals surface area contributed by atoms with Crippen molar-refractivity contribution in [3.63, 3.8) is 0 Å². The number of hydrogen-bond donors (Lipinski definition) is 0. The zero-order chi connectivity index (χ0) is 6.69. The van der Waals surface area contributed by atoms with E-state index in [2.05, 4.69) is 25.1 Å². The summed E-state index contributed by atoms with van der Waals surface area (Å²) < 4.78 is 0. The number of allylic oxidation sites excluding steroid dienone is 2. The molecule has 48 valence electrons. The fraction of sp³-hybridized carbons (Fsp3) is 0.625. The summed E-state index contributed by atoms with van der Waals surface area (Å²) in [5.74, 6) is 0.897. The first-order chi connectivity index (χ1) is 4.33. The minimum atomic E-state index is 0.282. The van der Waals surface area contributed by atoms with E-state index in [1.54, 1.807) is 0 Å². The molecule has 1 aliphatic carbocycles. The van der Waals surface area contributed by atoms with Gasteiger partial charge in [0.05, 0.1) is 12.0 Å². The van der Waals surface area contributed by atoms with Gasteiger partial charge in [0, 0.05) is 0 Å². The van der Waals surface area contributed by atoms with Gasteiger partial charge in [-0.25, -0.2) is 0 Å². The highest BCUT2D eigenvalue weighted by Gasteiger charge is 2.12. The van der Waals surface area contributed by atoms with Crippen molar-refractivity contribution in [2.45, 2.75) is 19.8 Å². The van der Waals surface area contributed by atoms with Crippen LogP contribution in [0.15, 0.2) is 12.2 Å². The Kier molecular flexibility index (Phi) is 1.89. The Bertz CT molecular complexity index is 152. The van der Waals surface area contributed by atoms with Gasteiger partial charge in [-0.1, -0.05) is 19.1 Å². The Hall–Kier alpha value is -0.770. The molecular weight excluding hydrogens is 110 g/mol. The van der Waals surface area contributed by atoms with Crippen LogP contribution in [0.4, 0.5) is 0 Å². The highest BCUT2D eigenvalue weighted by molar-refractivity contribution is 5.00. The summed E-state index contributed by atoms with van der Waals surface area (Å²) in [5, 5.41) is 8.52. The smallest absolute Gasteiger partial charge is 0.0659 e. The van der Waals surface area contributed by atoms with E-state index in [-0.39, 0.29) is 5.92 Å². The SMILES string of the molecule is CC1C=CCC(C#N)C1. The predicted molar refractivity (Wildman–Crippen MR) is 36.6 cm³/mol. The predicted octanol–water partition coefficient (Wildman–Crippen LogP) is 2.11. The van der Waals surface area contributed by atoms with Gasteiger partial charge in [-0.2, -0.15) is 5.26 Å². The molecule has 0 N–H and O–H groups in total. The number of nitriles is 1. The fourth-order valence-corrected chi connectivity index (χ4v) is 1.20. The quantitative estimate of drug-likeness (QED) is 0.450. The lowest BCUT2D eigenvalue weighted by Crippen LogP contribution is -2.05. The molecule has 2 atom stereocenters. The summed E-state index contributed by atoms with van der Waals surface area (Å²) >= 11 is 0. The van der Waals surface area contributed by atoms with E-state index in [1.165, 1.54) is 0 Å². The summed E-state index contributed by atoms with van der Waals surface area (Å²) in [5.41, 5.74) is 0. The third kappa shape index (κ3) is 1.57. The molecule has 0 spiro atoms. The maximum Gasteiger partial charge on any atom is 0.0659 e. The minimum absolute atomic E-state index is 0.282. The van der Waals surface area contributed by atoms with E-state index in [1.807, 2.05) is 0 Å². The number of nitrogens with zero attached hydrogens (tertiary/aromatic N) is 1. The van der Waals surface area contributed by atoms with Crippen LogP contribution >= 0.6 is 0 Å². The van der Waals surface area contributed by atoms with Crippen molar-refractivity contribution in [3.05, 3.63) is 12.2 Å². The largest absolute Gasteiger partial charge is 0.198 e. The monoisotopic (exact) mass is 121 g/mol. The Morgan fingerprint density at radius 2 is 2.44 bits per heavy atom. The molecule has 0 aromatic heterocycles. The van der Waals surface area contributed by atoms with Crippen LogP contribution in [-0.2, 0) is 0 Å². The van der Waals surface area contributed by atoms with Crippen LogP contribution in [0, 0.1) is 23.2 Å². The molecule has 0 aromatic rings. The third-order valence-corrected chi connectivity index (χ3v) is 1.72. The molecule has 1 aliphatic rings. The molecule has 0 saturated carbocycles. The van der Waals surface area contributed by atoms with E-state index in [9.17, 15) is 0 Å². The summed E-state index contributed by atoms with van der Waals surface area (Å²) in [6, 6.07) is 2.28. The summed E-state index contributed by atoms with van der Waals surface area (Å²) in [6.45, 7) is 2.15. The summed E-state index contributed by atoms with van der Waals surface area (Å²) in [4.78, 5) is 0. The summed E-state index contributed by atoms with van der Waals surface area (Å²) in [6.07, 6.45) is 6.31. The van der Waals surface area contributed by atoms with Crippen molar-refractivity contribution in [2.24, 2.45) is 11.8 Å². The van der Waals surface area contributed by atoms with Crippen LogP contribution < -0.4 is 0 Å². The van der Waals surface area contributed by atoms with Gasteiger partial charge in [0.2, 0.25) is 0 Å². The van der Waals surface area contributed by atoms with E-state index in [0.717, 1.165) is 12.8 Å². The first kappa shape index (κ1) is 6.35. The topological polar surface area (TPSA) is 23.8 Å². The standard InChI is InChI=1S/C8H11N/c1-7-3-2-4-8(5-7)6-9/h2-3,7-8H,4-5H2,1H3. The molecule has 0 radical (unpaired) electrons. The van der Waals surface area contributed by atoms with Gasteiger partial charge in [0.25, 0.3) is 0 Å². The Morgan fingerprint density at radius 3 is 2.89 bits per heavy atom. The number of hydrogen-bond acceptors (Lipinski definition) is 1. The maximum atomic E-state index is 8.52. The lowest BCUT2D eigenvalue weighted by molar-refractivity contribution is 0.498.